The van der Waals surface area contributed by atoms with Gasteiger partial charge in [-0.3, -0.25) is 0 Å². The minimum atomic E-state index is -0.221. The standard InChI is InChI=1S/C16H20ClFN2O/c1-4-21-12-6-11(7-12)20-15-5-9(2)13(18)8-14(15)19-16(20)10(3)17/h5,8,10-12H,4,6-7H2,1-3H3. The van der Waals surface area contributed by atoms with Gasteiger partial charge in [-0.15, -0.1) is 11.6 Å². The summed E-state index contributed by atoms with van der Waals surface area (Å²) in [5.74, 6) is 0.596. The first-order valence-electron chi connectivity index (χ1n) is 7.45. The van der Waals surface area contributed by atoms with Crippen molar-refractivity contribution < 1.29 is 9.13 Å². The van der Waals surface area contributed by atoms with E-state index in [9.17, 15) is 4.39 Å². The van der Waals surface area contributed by atoms with Gasteiger partial charge < -0.3 is 9.30 Å². The van der Waals surface area contributed by atoms with Crippen LogP contribution in [0.15, 0.2) is 12.1 Å². The largest absolute Gasteiger partial charge is 0.378 e. The summed E-state index contributed by atoms with van der Waals surface area (Å²) in [6.45, 7) is 6.43. The fourth-order valence-electron chi connectivity index (χ4n) is 3.02. The summed E-state index contributed by atoms with van der Waals surface area (Å²) >= 11 is 6.27. The van der Waals surface area contributed by atoms with Crippen molar-refractivity contribution in [3.05, 3.63) is 29.3 Å². The zero-order valence-electron chi connectivity index (χ0n) is 12.6. The highest BCUT2D eigenvalue weighted by Crippen LogP contribution is 2.40. The van der Waals surface area contributed by atoms with Crippen molar-refractivity contribution in [2.45, 2.75) is 51.1 Å². The molecule has 3 rings (SSSR count). The second kappa shape index (κ2) is 5.58. The van der Waals surface area contributed by atoms with Crippen LogP contribution in [0.1, 0.15) is 49.5 Å². The SMILES string of the molecule is CCOC1CC(n2c(C(C)Cl)nc3cc(F)c(C)cc32)C1. The van der Waals surface area contributed by atoms with Crippen LogP contribution in [0, 0.1) is 12.7 Å². The van der Waals surface area contributed by atoms with Gasteiger partial charge in [0.15, 0.2) is 0 Å². The number of hydrogen-bond donors (Lipinski definition) is 0. The molecule has 1 saturated carbocycles. The Balaban J connectivity index is 2.03. The Kier molecular flexibility index (Phi) is 3.93. The van der Waals surface area contributed by atoms with Crippen LogP contribution in [0.2, 0.25) is 0 Å². The third-order valence-electron chi connectivity index (χ3n) is 4.19. The summed E-state index contributed by atoms with van der Waals surface area (Å²) < 4.78 is 21.6. The smallest absolute Gasteiger partial charge is 0.128 e. The van der Waals surface area contributed by atoms with Gasteiger partial charge in [-0.25, -0.2) is 9.37 Å². The fraction of sp³-hybridized carbons (Fsp3) is 0.562. The van der Waals surface area contributed by atoms with Crippen molar-refractivity contribution in [3.8, 4) is 0 Å². The predicted octanol–water partition coefficient (Wildman–Crippen LogP) is 4.52. The number of aromatic nitrogens is 2. The molecule has 0 spiro atoms. The van der Waals surface area contributed by atoms with Gasteiger partial charge in [-0.2, -0.15) is 0 Å². The number of alkyl halides is 1. The summed E-state index contributed by atoms with van der Waals surface area (Å²) in [6, 6.07) is 3.71. The van der Waals surface area contributed by atoms with Crippen molar-refractivity contribution in [2.75, 3.05) is 6.61 Å². The fourth-order valence-corrected chi connectivity index (χ4v) is 3.18. The van der Waals surface area contributed by atoms with E-state index in [0.717, 1.165) is 30.8 Å². The maximum atomic E-state index is 13.7. The average molecular weight is 311 g/mol. The molecule has 1 unspecified atom stereocenters. The van der Waals surface area contributed by atoms with Gasteiger partial charge >= 0.3 is 0 Å². The normalized spacial score (nSPS) is 23.3. The van der Waals surface area contributed by atoms with E-state index in [1.165, 1.54) is 6.07 Å². The Morgan fingerprint density at radius 2 is 2.19 bits per heavy atom. The lowest BCUT2D eigenvalue weighted by atomic mass is 9.88. The third kappa shape index (κ3) is 2.55. The lowest BCUT2D eigenvalue weighted by molar-refractivity contribution is -0.0193. The molecular formula is C16H20ClFN2O. The van der Waals surface area contributed by atoms with E-state index in [1.54, 1.807) is 6.92 Å². The number of benzene rings is 1. The van der Waals surface area contributed by atoms with Crippen molar-refractivity contribution in [3.63, 3.8) is 0 Å². The maximum absolute atomic E-state index is 13.7. The molecular weight excluding hydrogens is 291 g/mol. The molecule has 1 fully saturated rings. The number of fused-ring (bicyclic) bond motifs is 1. The summed E-state index contributed by atoms with van der Waals surface area (Å²) in [4.78, 5) is 4.54. The van der Waals surface area contributed by atoms with Crippen LogP contribution in [0.3, 0.4) is 0 Å². The van der Waals surface area contributed by atoms with Gasteiger partial charge in [0, 0.05) is 18.7 Å². The van der Waals surface area contributed by atoms with Gasteiger partial charge in [0.1, 0.15) is 11.6 Å². The van der Waals surface area contributed by atoms with Crippen LogP contribution in [-0.2, 0) is 4.74 Å². The number of hydrogen-bond acceptors (Lipinski definition) is 2. The first-order valence-corrected chi connectivity index (χ1v) is 7.88. The van der Waals surface area contributed by atoms with Crippen LogP contribution < -0.4 is 0 Å². The molecule has 1 heterocycles. The van der Waals surface area contributed by atoms with Crippen LogP contribution in [0.25, 0.3) is 11.0 Å². The van der Waals surface area contributed by atoms with Gasteiger partial charge in [0.2, 0.25) is 0 Å². The highest BCUT2D eigenvalue weighted by atomic mass is 35.5. The zero-order chi connectivity index (χ0) is 15.1. The maximum Gasteiger partial charge on any atom is 0.128 e. The molecule has 21 heavy (non-hydrogen) atoms. The number of rotatable bonds is 4. The van der Waals surface area contributed by atoms with Crippen molar-refractivity contribution >= 4 is 22.6 Å². The molecule has 0 N–H and O–H groups in total. The summed E-state index contributed by atoms with van der Waals surface area (Å²) in [6.07, 6.45) is 2.25. The Labute approximate surface area is 129 Å². The van der Waals surface area contributed by atoms with E-state index in [4.69, 9.17) is 16.3 Å². The molecule has 3 nitrogen and oxygen atoms in total. The molecule has 1 aliphatic rings. The molecule has 0 bridgehead atoms. The quantitative estimate of drug-likeness (QED) is 0.776. The van der Waals surface area contributed by atoms with Crippen molar-refractivity contribution in [2.24, 2.45) is 0 Å². The first kappa shape index (κ1) is 14.8. The number of aryl methyl sites for hydroxylation is 1. The predicted molar refractivity (Wildman–Crippen MR) is 82.4 cm³/mol. The Morgan fingerprint density at radius 1 is 1.48 bits per heavy atom. The van der Waals surface area contributed by atoms with E-state index < -0.39 is 0 Å². The number of halogens is 2. The first-order chi connectivity index (χ1) is 10.0. The highest BCUT2D eigenvalue weighted by molar-refractivity contribution is 6.20. The van der Waals surface area contributed by atoms with E-state index in [2.05, 4.69) is 9.55 Å². The van der Waals surface area contributed by atoms with Gasteiger partial charge in [-0.05, 0) is 45.2 Å². The summed E-state index contributed by atoms with van der Waals surface area (Å²) in [5.41, 5.74) is 2.29. The highest BCUT2D eigenvalue weighted by Gasteiger charge is 2.34. The van der Waals surface area contributed by atoms with E-state index in [1.807, 2.05) is 19.9 Å². The zero-order valence-corrected chi connectivity index (χ0v) is 13.3. The van der Waals surface area contributed by atoms with Crippen molar-refractivity contribution in [1.82, 2.24) is 9.55 Å². The Hall–Kier alpha value is -1.13. The second-order valence-electron chi connectivity index (χ2n) is 5.75. The van der Waals surface area contributed by atoms with Crippen LogP contribution in [0.5, 0.6) is 0 Å². The number of nitrogens with zero attached hydrogens (tertiary/aromatic N) is 2. The molecule has 2 aromatic rings. The van der Waals surface area contributed by atoms with Crippen molar-refractivity contribution in [1.29, 1.82) is 0 Å². The molecule has 5 heteroatoms. The molecule has 1 atom stereocenters. The number of ether oxygens (including phenoxy) is 1. The molecule has 0 aliphatic heterocycles. The minimum Gasteiger partial charge on any atom is -0.378 e. The van der Waals surface area contributed by atoms with Crippen LogP contribution in [0.4, 0.5) is 4.39 Å². The third-order valence-corrected chi connectivity index (χ3v) is 4.39. The number of imidazole rings is 1. The molecule has 0 radical (unpaired) electrons. The van der Waals surface area contributed by atoms with Crippen LogP contribution in [-0.4, -0.2) is 22.3 Å². The lowest BCUT2D eigenvalue weighted by Crippen LogP contribution is -2.34. The molecule has 1 aromatic heterocycles. The topological polar surface area (TPSA) is 27.1 Å². The Morgan fingerprint density at radius 3 is 2.81 bits per heavy atom. The summed E-state index contributed by atoms with van der Waals surface area (Å²) in [7, 11) is 0. The monoisotopic (exact) mass is 310 g/mol. The Bertz CT molecular complexity index is 662. The van der Waals surface area contributed by atoms with E-state index >= 15 is 0 Å². The molecule has 114 valence electrons. The van der Waals surface area contributed by atoms with Gasteiger partial charge in [0.05, 0.1) is 22.5 Å². The second-order valence-corrected chi connectivity index (χ2v) is 6.40. The van der Waals surface area contributed by atoms with E-state index in [0.29, 0.717) is 23.2 Å². The van der Waals surface area contributed by atoms with E-state index in [-0.39, 0.29) is 11.2 Å². The minimum absolute atomic E-state index is 0.202. The molecule has 0 saturated heterocycles. The average Bonchev–Trinajstić information content (AvgIpc) is 2.72. The lowest BCUT2D eigenvalue weighted by Gasteiger charge is -2.37. The molecule has 0 amide bonds. The van der Waals surface area contributed by atoms with Gasteiger partial charge in [0.25, 0.3) is 0 Å². The van der Waals surface area contributed by atoms with Gasteiger partial charge in [-0.1, -0.05) is 0 Å². The molecule has 1 aromatic carbocycles. The molecule has 1 aliphatic carbocycles. The summed E-state index contributed by atoms with van der Waals surface area (Å²) in [5, 5.41) is -0.202. The van der Waals surface area contributed by atoms with Crippen LogP contribution >= 0.6 is 11.6 Å².